The molecule has 2 heteroatoms. The van der Waals surface area contributed by atoms with Crippen LogP contribution in [0.4, 0.5) is 11.4 Å². The molecule has 0 amide bonds. The predicted octanol–water partition coefficient (Wildman–Crippen LogP) is 3.53. The van der Waals surface area contributed by atoms with Crippen LogP contribution in [0.15, 0.2) is 24.3 Å². The Morgan fingerprint density at radius 2 is 1.82 bits per heavy atom. The van der Waals surface area contributed by atoms with Gasteiger partial charge in [-0.3, -0.25) is 0 Å². The van der Waals surface area contributed by atoms with Crippen LogP contribution in [-0.2, 0) is 0 Å². The quantitative estimate of drug-likeness (QED) is 0.790. The van der Waals surface area contributed by atoms with Crippen molar-refractivity contribution in [1.82, 2.24) is 0 Å². The monoisotopic (exact) mass is 232 g/mol. The molecule has 2 N–H and O–H groups in total. The van der Waals surface area contributed by atoms with E-state index in [-0.39, 0.29) is 0 Å². The highest BCUT2D eigenvalue weighted by Crippen LogP contribution is 2.27. The first-order valence-electron chi connectivity index (χ1n) is 6.77. The third kappa shape index (κ3) is 3.15. The average Bonchev–Trinajstić information content (AvgIpc) is 2.55. The lowest BCUT2D eigenvalue weighted by Gasteiger charge is -2.23. The van der Waals surface area contributed by atoms with Crippen molar-refractivity contribution in [2.45, 2.75) is 33.1 Å². The first-order valence-corrected chi connectivity index (χ1v) is 6.77. The Morgan fingerprint density at radius 3 is 2.47 bits per heavy atom. The Labute approximate surface area is 105 Å². The highest BCUT2D eigenvalue weighted by Gasteiger charge is 2.19. The second kappa shape index (κ2) is 5.44. The fraction of sp³-hybridized carbons (Fsp3) is 0.600. The number of benzene rings is 1. The zero-order valence-electron chi connectivity index (χ0n) is 11.0. The van der Waals surface area contributed by atoms with E-state index in [0.717, 1.165) is 17.5 Å². The van der Waals surface area contributed by atoms with E-state index in [0.29, 0.717) is 0 Å². The summed E-state index contributed by atoms with van der Waals surface area (Å²) in [4.78, 5) is 2.50. The Hall–Kier alpha value is -1.18. The summed E-state index contributed by atoms with van der Waals surface area (Å²) in [6, 6.07) is 8.29. The molecule has 0 spiro atoms. The molecule has 17 heavy (non-hydrogen) atoms. The van der Waals surface area contributed by atoms with E-state index in [2.05, 4.69) is 30.9 Å². The molecule has 2 rings (SSSR count). The van der Waals surface area contributed by atoms with Gasteiger partial charge in [-0.15, -0.1) is 0 Å². The number of nitrogens with two attached hydrogens (primary N) is 1. The van der Waals surface area contributed by atoms with Gasteiger partial charge in [0.1, 0.15) is 0 Å². The third-order valence-electron chi connectivity index (χ3n) is 3.97. The second-order valence-electron chi connectivity index (χ2n) is 5.51. The van der Waals surface area contributed by atoms with E-state index in [1.165, 1.54) is 38.0 Å². The number of hydrogen-bond acceptors (Lipinski definition) is 2. The topological polar surface area (TPSA) is 29.3 Å². The minimum Gasteiger partial charge on any atom is -0.399 e. The zero-order valence-corrected chi connectivity index (χ0v) is 11.0. The molecule has 1 atom stereocenters. The molecular weight excluding hydrogens is 208 g/mol. The fourth-order valence-corrected chi connectivity index (χ4v) is 2.73. The summed E-state index contributed by atoms with van der Waals surface area (Å²) in [6.07, 6.45) is 4.01. The van der Waals surface area contributed by atoms with Crippen LogP contribution in [0.1, 0.15) is 33.1 Å². The van der Waals surface area contributed by atoms with Gasteiger partial charge in [-0.1, -0.05) is 13.8 Å². The van der Waals surface area contributed by atoms with Crippen LogP contribution >= 0.6 is 0 Å². The molecule has 1 aromatic rings. The van der Waals surface area contributed by atoms with E-state index in [1.807, 2.05) is 12.1 Å². The molecular formula is C15H24N2. The molecule has 0 aromatic heterocycles. The summed E-state index contributed by atoms with van der Waals surface area (Å²) in [5.41, 5.74) is 7.90. The van der Waals surface area contributed by atoms with Crippen molar-refractivity contribution in [3.8, 4) is 0 Å². The molecule has 0 aliphatic carbocycles. The maximum Gasteiger partial charge on any atom is 0.0367 e. The van der Waals surface area contributed by atoms with Crippen LogP contribution in [0.3, 0.4) is 0 Å². The molecule has 1 aliphatic heterocycles. The molecule has 0 radical (unpaired) electrons. The molecule has 94 valence electrons. The highest BCUT2D eigenvalue weighted by molar-refractivity contribution is 5.53. The first kappa shape index (κ1) is 12.3. The lowest BCUT2D eigenvalue weighted by atomic mass is 9.89. The lowest BCUT2D eigenvalue weighted by Crippen LogP contribution is -2.24. The summed E-state index contributed by atoms with van der Waals surface area (Å²) in [6.45, 7) is 7.08. The van der Waals surface area contributed by atoms with Gasteiger partial charge >= 0.3 is 0 Å². The van der Waals surface area contributed by atoms with Crippen LogP contribution in [0.25, 0.3) is 0 Å². The van der Waals surface area contributed by atoms with Crippen molar-refractivity contribution in [1.29, 1.82) is 0 Å². The largest absolute Gasteiger partial charge is 0.399 e. The van der Waals surface area contributed by atoms with Gasteiger partial charge in [0, 0.05) is 24.5 Å². The van der Waals surface area contributed by atoms with E-state index < -0.39 is 0 Å². The zero-order chi connectivity index (χ0) is 12.3. The van der Waals surface area contributed by atoms with Crippen molar-refractivity contribution in [3.63, 3.8) is 0 Å². The SMILES string of the molecule is CC(C)C1CCCN(c2ccc(N)cc2)CC1. The van der Waals surface area contributed by atoms with E-state index in [4.69, 9.17) is 5.73 Å². The number of nitrogens with zero attached hydrogens (tertiary/aromatic N) is 1. The van der Waals surface area contributed by atoms with Crippen LogP contribution in [0.5, 0.6) is 0 Å². The van der Waals surface area contributed by atoms with E-state index >= 15 is 0 Å². The van der Waals surface area contributed by atoms with Crippen LogP contribution < -0.4 is 10.6 Å². The van der Waals surface area contributed by atoms with Crippen molar-refractivity contribution in [2.24, 2.45) is 11.8 Å². The second-order valence-corrected chi connectivity index (χ2v) is 5.51. The van der Waals surface area contributed by atoms with Gasteiger partial charge in [0.2, 0.25) is 0 Å². The van der Waals surface area contributed by atoms with Gasteiger partial charge in [-0.05, 0) is 55.4 Å². The van der Waals surface area contributed by atoms with Gasteiger partial charge in [-0.25, -0.2) is 0 Å². The first-order chi connectivity index (χ1) is 8.16. The lowest BCUT2D eigenvalue weighted by molar-refractivity contribution is 0.351. The molecule has 1 saturated heterocycles. The van der Waals surface area contributed by atoms with Crippen molar-refractivity contribution >= 4 is 11.4 Å². The van der Waals surface area contributed by atoms with Crippen LogP contribution in [-0.4, -0.2) is 13.1 Å². The molecule has 0 bridgehead atoms. The standard InChI is InChI=1S/C15H24N2/c1-12(2)13-4-3-10-17(11-9-13)15-7-5-14(16)6-8-15/h5-8,12-13H,3-4,9-11,16H2,1-2H3. The Kier molecular flexibility index (Phi) is 3.93. The van der Waals surface area contributed by atoms with E-state index in [1.54, 1.807) is 0 Å². The Bertz CT molecular complexity index is 342. The van der Waals surface area contributed by atoms with Gasteiger partial charge in [0.25, 0.3) is 0 Å². The van der Waals surface area contributed by atoms with Gasteiger partial charge in [0.05, 0.1) is 0 Å². The predicted molar refractivity (Wildman–Crippen MR) is 75.2 cm³/mol. The Morgan fingerprint density at radius 1 is 1.12 bits per heavy atom. The minimum absolute atomic E-state index is 0.821. The third-order valence-corrected chi connectivity index (χ3v) is 3.97. The number of anilines is 2. The number of hydrogen-bond donors (Lipinski definition) is 1. The van der Waals surface area contributed by atoms with E-state index in [9.17, 15) is 0 Å². The van der Waals surface area contributed by atoms with Gasteiger partial charge in [0.15, 0.2) is 0 Å². The molecule has 1 heterocycles. The van der Waals surface area contributed by atoms with Crippen molar-refractivity contribution < 1.29 is 0 Å². The van der Waals surface area contributed by atoms with Crippen LogP contribution in [0.2, 0.25) is 0 Å². The van der Waals surface area contributed by atoms with Crippen molar-refractivity contribution in [3.05, 3.63) is 24.3 Å². The number of nitrogen functional groups attached to an aromatic ring is 1. The molecule has 0 saturated carbocycles. The summed E-state index contributed by atoms with van der Waals surface area (Å²) < 4.78 is 0. The summed E-state index contributed by atoms with van der Waals surface area (Å²) in [5.74, 6) is 1.72. The molecule has 1 aromatic carbocycles. The summed E-state index contributed by atoms with van der Waals surface area (Å²) >= 11 is 0. The number of rotatable bonds is 2. The van der Waals surface area contributed by atoms with Gasteiger partial charge in [-0.2, -0.15) is 0 Å². The highest BCUT2D eigenvalue weighted by atomic mass is 15.1. The molecule has 2 nitrogen and oxygen atoms in total. The maximum absolute atomic E-state index is 5.73. The maximum atomic E-state index is 5.73. The smallest absolute Gasteiger partial charge is 0.0367 e. The average molecular weight is 232 g/mol. The summed E-state index contributed by atoms with van der Waals surface area (Å²) in [5, 5.41) is 0. The normalized spacial score (nSPS) is 21.6. The summed E-state index contributed by atoms with van der Waals surface area (Å²) in [7, 11) is 0. The molecule has 1 aliphatic rings. The van der Waals surface area contributed by atoms with Gasteiger partial charge < -0.3 is 10.6 Å². The van der Waals surface area contributed by atoms with Crippen LogP contribution in [0, 0.1) is 11.8 Å². The fourth-order valence-electron chi connectivity index (χ4n) is 2.73. The molecule has 1 fully saturated rings. The van der Waals surface area contributed by atoms with Crippen molar-refractivity contribution in [2.75, 3.05) is 23.7 Å². The Balaban J connectivity index is 2.01. The minimum atomic E-state index is 0.821. The molecule has 1 unspecified atom stereocenters.